The number of rotatable bonds is 5. The maximum atomic E-state index is 12.3. The molecule has 0 bridgehead atoms. The first kappa shape index (κ1) is 18.1. The third-order valence-electron chi connectivity index (χ3n) is 4.91. The van der Waals surface area contributed by atoms with Gasteiger partial charge in [-0.3, -0.25) is 9.78 Å². The largest absolute Gasteiger partial charge is 0.357 e. The molecule has 3 aromatic heterocycles. The van der Waals surface area contributed by atoms with Crippen molar-refractivity contribution < 1.29 is 9.32 Å². The molecule has 3 aromatic rings. The highest BCUT2D eigenvalue weighted by atomic mass is 16.5. The number of carbonyl (C=O) groups is 1. The maximum absolute atomic E-state index is 12.3. The van der Waals surface area contributed by atoms with Crippen LogP contribution in [0, 0.1) is 5.92 Å². The molecule has 0 radical (unpaired) electrons. The van der Waals surface area contributed by atoms with E-state index < -0.39 is 5.91 Å². The summed E-state index contributed by atoms with van der Waals surface area (Å²) in [7, 11) is 0. The molecular formula is C20H22N6O2. The predicted octanol–water partition coefficient (Wildman–Crippen LogP) is 2.69. The van der Waals surface area contributed by atoms with Gasteiger partial charge in [0.05, 0.1) is 0 Å². The van der Waals surface area contributed by atoms with Crippen LogP contribution in [0.1, 0.15) is 36.0 Å². The van der Waals surface area contributed by atoms with Crippen LogP contribution >= 0.6 is 0 Å². The highest BCUT2D eigenvalue weighted by Gasteiger charge is 2.19. The molecule has 1 saturated heterocycles. The number of nitrogens with one attached hydrogen (secondary N) is 1. The monoisotopic (exact) mass is 378 g/mol. The number of aromatic nitrogens is 4. The van der Waals surface area contributed by atoms with E-state index in [9.17, 15) is 4.79 Å². The fourth-order valence-electron chi connectivity index (χ4n) is 3.16. The van der Waals surface area contributed by atoms with Crippen LogP contribution in [0.2, 0.25) is 0 Å². The van der Waals surface area contributed by atoms with Crippen molar-refractivity contribution in [1.29, 1.82) is 0 Å². The first-order valence-electron chi connectivity index (χ1n) is 9.41. The lowest BCUT2D eigenvalue weighted by Crippen LogP contribution is -2.33. The van der Waals surface area contributed by atoms with Crippen molar-refractivity contribution in [2.75, 3.05) is 18.0 Å². The summed E-state index contributed by atoms with van der Waals surface area (Å²) in [5.74, 6) is 1.55. The summed E-state index contributed by atoms with van der Waals surface area (Å²) in [6.07, 6.45) is 7.44. The number of carbonyl (C=O) groups excluding carboxylic acids is 1. The molecule has 28 heavy (non-hydrogen) atoms. The fraction of sp³-hybridized carbons (Fsp3) is 0.350. The fourth-order valence-corrected chi connectivity index (χ4v) is 3.16. The number of anilines is 1. The molecule has 1 amide bonds. The van der Waals surface area contributed by atoms with Crippen molar-refractivity contribution in [1.82, 2.24) is 25.4 Å². The average Bonchev–Trinajstić information content (AvgIpc) is 3.24. The molecule has 1 aliphatic rings. The van der Waals surface area contributed by atoms with Crippen LogP contribution in [0.5, 0.6) is 0 Å². The lowest BCUT2D eigenvalue weighted by atomic mass is 9.99. The van der Waals surface area contributed by atoms with Gasteiger partial charge < -0.3 is 14.7 Å². The van der Waals surface area contributed by atoms with Crippen LogP contribution in [0.25, 0.3) is 11.4 Å². The van der Waals surface area contributed by atoms with E-state index in [0.29, 0.717) is 12.4 Å². The summed E-state index contributed by atoms with van der Waals surface area (Å²) in [5, 5.41) is 6.71. The van der Waals surface area contributed by atoms with Crippen molar-refractivity contribution in [3.05, 3.63) is 54.3 Å². The molecule has 0 atom stereocenters. The van der Waals surface area contributed by atoms with Crippen LogP contribution in [-0.2, 0) is 6.54 Å². The van der Waals surface area contributed by atoms with Gasteiger partial charge in [-0.05, 0) is 42.5 Å². The summed E-state index contributed by atoms with van der Waals surface area (Å²) in [4.78, 5) is 27.3. The van der Waals surface area contributed by atoms with Crippen LogP contribution in [0.4, 0.5) is 5.82 Å². The standard InChI is InChI=1S/C20H22N6O2/c1-14-5-9-26(10-6-14)17-11-16(4-8-22-17)18-24-20(28-25-18)19(27)23-13-15-3-2-7-21-12-15/h2-4,7-8,11-12,14H,5-6,9-10,13H2,1H3,(H,23,27). The second-order valence-electron chi connectivity index (χ2n) is 7.04. The molecule has 4 heterocycles. The van der Waals surface area contributed by atoms with Gasteiger partial charge in [0.2, 0.25) is 5.82 Å². The van der Waals surface area contributed by atoms with Crippen molar-refractivity contribution >= 4 is 11.7 Å². The number of pyridine rings is 2. The Morgan fingerprint density at radius 2 is 2.14 bits per heavy atom. The molecule has 0 spiro atoms. The van der Waals surface area contributed by atoms with E-state index in [-0.39, 0.29) is 5.89 Å². The number of hydrogen-bond acceptors (Lipinski definition) is 7. The van der Waals surface area contributed by atoms with Crippen LogP contribution in [-0.4, -0.2) is 39.1 Å². The average molecular weight is 378 g/mol. The van der Waals surface area contributed by atoms with Gasteiger partial charge in [0, 0.05) is 43.8 Å². The molecule has 8 heteroatoms. The predicted molar refractivity (Wildman–Crippen MR) is 104 cm³/mol. The van der Waals surface area contributed by atoms with Crippen molar-refractivity contribution in [3.8, 4) is 11.4 Å². The third kappa shape index (κ3) is 4.16. The van der Waals surface area contributed by atoms with Crippen LogP contribution in [0.15, 0.2) is 47.4 Å². The van der Waals surface area contributed by atoms with Gasteiger partial charge in [0.15, 0.2) is 0 Å². The van der Waals surface area contributed by atoms with Gasteiger partial charge in [-0.15, -0.1) is 0 Å². The Hall–Kier alpha value is -3.29. The summed E-state index contributed by atoms with van der Waals surface area (Å²) < 4.78 is 5.15. The lowest BCUT2D eigenvalue weighted by molar-refractivity contribution is 0.0907. The molecule has 1 aliphatic heterocycles. The number of nitrogens with zero attached hydrogens (tertiary/aromatic N) is 5. The Morgan fingerprint density at radius 3 is 2.93 bits per heavy atom. The topological polar surface area (TPSA) is 97.0 Å². The smallest absolute Gasteiger partial charge is 0.316 e. The quantitative estimate of drug-likeness (QED) is 0.729. The van der Waals surface area contributed by atoms with E-state index in [0.717, 1.165) is 48.8 Å². The summed E-state index contributed by atoms with van der Waals surface area (Å²) in [5.41, 5.74) is 1.67. The zero-order chi connectivity index (χ0) is 19.3. The summed E-state index contributed by atoms with van der Waals surface area (Å²) in [6.45, 7) is 4.61. The summed E-state index contributed by atoms with van der Waals surface area (Å²) >= 11 is 0. The van der Waals surface area contributed by atoms with Gasteiger partial charge in [-0.2, -0.15) is 4.98 Å². The Bertz CT molecular complexity index is 935. The van der Waals surface area contributed by atoms with E-state index in [1.807, 2.05) is 24.3 Å². The Labute approximate surface area is 163 Å². The van der Waals surface area contributed by atoms with E-state index >= 15 is 0 Å². The number of hydrogen-bond donors (Lipinski definition) is 1. The second-order valence-corrected chi connectivity index (χ2v) is 7.04. The van der Waals surface area contributed by atoms with Crippen molar-refractivity contribution in [3.63, 3.8) is 0 Å². The zero-order valence-electron chi connectivity index (χ0n) is 15.7. The number of piperidine rings is 1. The zero-order valence-corrected chi connectivity index (χ0v) is 15.7. The Balaban J connectivity index is 1.43. The van der Waals surface area contributed by atoms with Gasteiger partial charge in [0.25, 0.3) is 0 Å². The first-order chi connectivity index (χ1) is 13.7. The first-order valence-corrected chi connectivity index (χ1v) is 9.41. The second kappa shape index (κ2) is 8.16. The van der Waals surface area contributed by atoms with Crippen molar-refractivity contribution in [2.45, 2.75) is 26.3 Å². The molecule has 4 rings (SSSR count). The molecule has 0 aliphatic carbocycles. The lowest BCUT2D eigenvalue weighted by Gasteiger charge is -2.31. The molecule has 0 aromatic carbocycles. The molecule has 1 fully saturated rings. The van der Waals surface area contributed by atoms with Gasteiger partial charge in [-0.1, -0.05) is 18.1 Å². The van der Waals surface area contributed by atoms with E-state index in [1.165, 1.54) is 0 Å². The molecule has 8 nitrogen and oxygen atoms in total. The van der Waals surface area contributed by atoms with Gasteiger partial charge in [-0.25, -0.2) is 4.98 Å². The molecule has 144 valence electrons. The van der Waals surface area contributed by atoms with Crippen LogP contribution in [0.3, 0.4) is 0 Å². The Kier molecular flexibility index (Phi) is 5.27. The number of amides is 1. The van der Waals surface area contributed by atoms with E-state index in [2.05, 4.69) is 37.2 Å². The van der Waals surface area contributed by atoms with Crippen LogP contribution < -0.4 is 10.2 Å². The normalized spacial score (nSPS) is 14.8. The minimum absolute atomic E-state index is 0.0657. The molecule has 0 saturated carbocycles. The SMILES string of the molecule is CC1CCN(c2cc(-c3noc(C(=O)NCc4cccnc4)n3)ccn2)CC1. The van der Waals surface area contributed by atoms with Gasteiger partial charge in [0.1, 0.15) is 5.82 Å². The van der Waals surface area contributed by atoms with Crippen molar-refractivity contribution in [2.24, 2.45) is 5.92 Å². The maximum Gasteiger partial charge on any atom is 0.316 e. The Morgan fingerprint density at radius 1 is 1.29 bits per heavy atom. The molecular weight excluding hydrogens is 356 g/mol. The third-order valence-corrected chi connectivity index (χ3v) is 4.91. The minimum Gasteiger partial charge on any atom is -0.357 e. The molecule has 1 N–H and O–H groups in total. The summed E-state index contributed by atoms with van der Waals surface area (Å²) in [6, 6.07) is 7.46. The highest BCUT2D eigenvalue weighted by molar-refractivity contribution is 5.89. The molecule has 0 unspecified atom stereocenters. The van der Waals surface area contributed by atoms with E-state index in [4.69, 9.17) is 4.52 Å². The minimum atomic E-state index is -0.415. The van der Waals surface area contributed by atoms with Gasteiger partial charge >= 0.3 is 11.8 Å². The highest BCUT2D eigenvalue weighted by Crippen LogP contribution is 2.24. The van der Waals surface area contributed by atoms with E-state index in [1.54, 1.807) is 18.6 Å².